The summed E-state index contributed by atoms with van der Waals surface area (Å²) in [6, 6.07) is 5.12. The van der Waals surface area contributed by atoms with E-state index >= 15 is 0 Å². The molecule has 1 fully saturated rings. The Morgan fingerprint density at radius 1 is 1.17 bits per heavy atom. The highest BCUT2D eigenvalue weighted by molar-refractivity contribution is 14.0. The zero-order chi connectivity index (χ0) is 21.3. The van der Waals surface area contributed by atoms with E-state index < -0.39 is 11.7 Å². The third kappa shape index (κ3) is 9.50. The fraction of sp³-hybridized carbons (Fsp3) is 0.600. The van der Waals surface area contributed by atoms with Crippen molar-refractivity contribution in [2.75, 3.05) is 46.8 Å². The Kier molecular flexibility index (Phi) is 11.5. The number of piperidine rings is 1. The molecule has 0 radical (unpaired) electrons. The summed E-state index contributed by atoms with van der Waals surface area (Å²) in [5.41, 5.74) is -0.239. The number of likely N-dealkylation sites (tertiary alicyclic amines) is 1. The Bertz CT molecular complexity index is 691. The number of rotatable bonds is 7. The SMILES string of the molecule is CN(C)C(=O)CNC(=NCc1cccc(C(F)(F)F)c1)NCCN1CCCCC1.I. The molecule has 170 valence electrons. The highest BCUT2D eigenvalue weighted by atomic mass is 127. The molecule has 1 aromatic rings. The molecule has 1 amide bonds. The van der Waals surface area contributed by atoms with Crippen molar-refractivity contribution in [3.05, 3.63) is 35.4 Å². The standard InChI is InChI=1S/C20H30F3N5O.HI/c1-27(2)18(29)15-26-19(24-9-12-28-10-4-3-5-11-28)25-14-16-7-6-8-17(13-16)20(21,22)23;/h6-8,13H,3-5,9-12,14-15H2,1-2H3,(H2,24,25,26);1H. The molecule has 0 aromatic heterocycles. The van der Waals surface area contributed by atoms with E-state index in [1.807, 2.05) is 0 Å². The van der Waals surface area contributed by atoms with Gasteiger partial charge < -0.3 is 20.4 Å². The van der Waals surface area contributed by atoms with Crippen LogP contribution in [0.3, 0.4) is 0 Å². The molecular formula is C20H31F3IN5O. The van der Waals surface area contributed by atoms with Crippen LogP contribution >= 0.6 is 24.0 Å². The number of aliphatic imine (C=N–C) groups is 1. The summed E-state index contributed by atoms with van der Waals surface area (Å²) in [5, 5.41) is 6.14. The number of likely N-dealkylation sites (N-methyl/N-ethyl adjacent to an activating group) is 1. The lowest BCUT2D eigenvalue weighted by Crippen LogP contribution is -2.45. The zero-order valence-corrected chi connectivity index (χ0v) is 19.8. The minimum atomic E-state index is -4.38. The van der Waals surface area contributed by atoms with Crippen LogP contribution in [0.25, 0.3) is 0 Å². The highest BCUT2D eigenvalue weighted by Crippen LogP contribution is 2.29. The van der Waals surface area contributed by atoms with Crippen LogP contribution in [0.15, 0.2) is 29.3 Å². The normalized spacial score (nSPS) is 15.3. The molecule has 2 rings (SSSR count). The third-order valence-corrected chi connectivity index (χ3v) is 4.75. The molecule has 10 heteroatoms. The van der Waals surface area contributed by atoms with E-state index in [1.165, 1.54) is 30.2 Å². The first-order valence-corrected chi connectivity index (χ1v) is 9.86. The number of carbonyl (C=O) groups excluding carboxylic acids is 1. The monoisotopic (exact) mass is 541 g/mol. The van der Waals surface area contributed by atoms with E-state index in [-0.39, 0.29) is 43.0 Å². The van der Waals surface area contributed by atoms with Gasteiger partial charge in [0.05, 0.1) is 18.7 Å². The van der Waals surface area contributed by atoms with Gasteiger partial charge in [0, 0.05) is 27.2 Å². The molecule has 0 atom stereocenters. The quantitative estimate of drug-likeness (QED) is 0.317. The fourth-order valence-corrected chi connectivity index (χ4v) is 3.02. The summed E-state index contributed by atoms with van der Waals surface area (Å²) in [7, 11) is 3.32. The first-order valence-electron chi connectivity index (χ1n) is 9.86. The molecule has 6 nitrogen and oxygen atoms in total. The lowest BCUT2D eigenvalue weighted by Gasteiger charge is -2.26. The molecule has 1 saturated heterocycles. The zero-order valence-electron chi connectivity index (χ0n) is 17.5. The van der Waals surface area contributed by atoms with Crippen LogP contribution in [-0.2, 0) is 17.5 Å². The summed E-state index contributed by atoms with van der Waals surface area (Å²) in [4.78, 5) is 20.0. The van der Waals surface area contributed by atoms with Crippen LogP contribution < -0.4 is 10.6 Å². The number of nitrogens with zero attached hydrogens (tertiary/aromatic N) is 3. The highest BCUT2D eigenvalue weighted by Gasteiger charge is 2.30. The van der Waals surface area contributed by atoms with Crippen molar-refractivity contribution >= 4 is 35.8 Å². The Balaban J connectivity index is 0.00000450. The number of halogens is 4. The lowest BCUT2D eigenvalue weighted by atomic mass is 10.1. The molecule has 1 heterocycles. The van der Waals surface area contributed by atoms with E-state index in [9.17, 15) is 18.0 Å². The Hall–Kier alpha value is -1.56. The molecule has 0 bridgehead atoms. The van der Waals surface area contributed by atoms with Crippen LogP contribution in [0.1, 0.15) is 30.4 Å². The summed E-state index contributed by atoms with van der Waals surface area (Å²) in [5.74, 6) is 0.296. The second-order valence-corrected chi connectivity index (χ2v) is 7.33. The average molecular weight is 541 g/mol. The average Bonchev–Trinajstić information content (AvgIpc) is 2.69. The number of carbonyl (C=O) groups is 1. The maximum Gasteiger partial charge on any atom is 0.416 e. The van der Waals surface area contributed by atoms with Crippen LogP contribution in [0.4, 0.5) is 13.2 Å². The molecule has 30 heavy (non-hydrogen) atoms. The van der Waals surface area contributed by atoms with Gasteiger partial charge in [-0.05, 0) is 43.6 Å². The van der Waals surface area contributed by atoms with Crippen LogP contribution in [-0.4, -0.2) is 68.5 Å². The predicted molar refractivity (Wildman–Crippen MR) is 123 cm³/mol. The summed E-state index contributed by atoms with van der Waals surface area (Å²) in [6.07, 6.45) is -0.717. The summed E-state index contributed by atoms with van der Waals surface area (Å²) >= 11 is 0. The number of hydrogen-bond acceptors (Lipinski definition) is 3. The smallest absolute Gasteiger partial charge is 0.355 e. The molecule has 0 spiro atoms. The third-order valence-electron chi connectivity index (χ3n) is 4.75. The van der Waals surface area contributed by atoms with E-state index in [4.69, 9.17) is 0 Å². The van der Waals surface area contributed by atoms with Crippen molar-refractivity contribution in [2.24, 2.45) is 4.99 Å². The number of guanidine groups is 1. The van der Waals surface area contributed by atoms with Gasteiger partial charge >= 0.3 is 6.18 Å². The minimum absolute atomic E-state index is 0. The molecule has 2 N–H and O–H groups in total. The van der Waals surface area contributed by atoms with Crippen molar-refractivity contribution in [2.45, 2.75) is 32.0 Å². The van der Waals surface area contributed by atoms with Gasteiger partial charge in [0.15, 0.2) is 5.96 Å². The van der Waals surface area contributed by atoms with Gasteiger partial charge in [-0.1, -0.05) is 18.6 Å². The van der Waals surface area contributed by atoms with Gasteiger partial charge in [-0.15, -0.1) is 24.0 Å². The molecule has 1 aliphatic rings. The van der Waals surface area contributed by atoms with Gasteiger partial charge in [0.1, 0.15) is 0 Å². The number of alkyl halides is 3. The van der Waals surface area contributed by atoms with Crippen molar-refractivity contribution in [3.8, 4) is 0 Å². The van der Waals surface area contributed by atoms with Crippen molar-refractivity contribution < 1.29 is 18.0 Å². The van der Waals surface area contributed by atoms with Gasteiger partial charge in [0.2, 0.25) is 5.91 Å². The van der Waals surface area contributed by atoms with Crippen LogP contribution in [0.2, 0.25) is 0 Å². The number of benzene rings is 1. The topological polar surface area (TPSA) is 60.0 Å². The Labute approximate surface area is 193 Å². The van der Waals surface area contributed by atoms with Crippen molar-refractivity contribution in [1.29, 1.82) is 0 Å². The van der Waals surface area contributed by atoms with E-state index in [0.29, 0.717) is 18.1 Å². The largest absolute Gasteiger partial charge is 0.416 e. The molecule has 0 saturated carbocycles. The van der Waals surface area contributed by atoms with Crippen molar-refractivity contribution in [3.63, 3.8) is 0 Å². The maximum absolute atomic E-state index is 12.9. The van der Waals surface area contributed by atoms with E-state index in [1.54, 1.807) is 20.2 Å². The minimum Gasteiger partial charge on any atom is -0.355 e. The lowest BCUT2D eigenvalue weighted by molar-refractivity contribution is -0.137. The fourth-order valence-electron chi connectivity index (χ4n) is 3.02. The molecule has 0 unspecified atom stereocenters. The molecular weight excluding hydrogens is 510 g/mol. The van der Waals surface area contributed by atoms with Crippen LogP contribution in [0, 0.1) is 0 Å². The number of amides is 1. The Morgan fingerprint density at radius 3 is 2.50 bits per heavy atom. The second-order valence-electron chi connectivity index (χ2n) is 7.33. The molecule has 0 aliphatic carbocycles. The summed E-state index contributed by atoms with van der Waals surface area (Å²) < 4.78 is 38.7. The predicted octanol–water partition coefficient (Wildman–Crippen LogP) is 2.93. The van der Waals surface area contributed by atoms with E-state index in [0.717, 1.165) is 31.8 Å². The van der Waals surface area contributed by atoms with Crippen LogP contribution in [0.5, 0.6) is 0 Å². The van der Waals surface area contributed by atoms with Crippen molar-refractivity contribution in [1.82, 2.24) is 20.4 Å². The van der Waals surface area contributed by atoms with Gasteiger partial charge in [-0.3, -0.25) is 4.79 Å². The molecule has 1 aliphatic heterocycles. The summed E-state index contributed by atoms with van der Waals surface area (Å²) in [6.45, 7) is 3.79. The number of nitrogens with one attached hydrogen (secondary N) is 2. The second kappa shape index (κ2) is 13.0. The van der Waals surface area contributed by atoms with E-state index in [2.05, 4.69) is 20.5 Å². The first-order chi connectivity index (χ1) is 13.8. The molecule has 1 aromatic carbocycles. The van der Waals surface area contributed by atoms with Gasteiger partial charge in [-0.25, -0.2) is 4.99 Å². The van der Waals surface area contributed by atoms with Gasteiger partial charge in [0.25, 0.3) is 0 Å². The Morgan fingerprint density at radius 2 is 1.87 bits per heavy atom. The number of hydrogen-bond donors (Lipinski definition) is 2. The van der Waals surface area contributed by atoms with Gasteiger partial charge in [-0.2, -0.15) is 13.2 Å². The maximum atomic E-state index is 12.9. The first kappa shape index (κ1) is 26.5.